The van der Waals surface area contributed by atoms with Gasteiger partial charge < -0.3 is 0 Å². The highest BCUT2D eigenvalue weighted by atomic mass is 35.7. The Labute approximate surface area is 101 Å². The number of rotatable bonds is 3. The lowest BCUT2D eigenvalue weighted by Gasteiger charge is -2.23. The van der Waals surface area contributed by atoms with Crippen LogP contribution >= 0.6 is 33.8 Å². The number of halogens is 3. The van der Waals surface area contributed by atoms with Gasteiger partial charge in [-0.3, -0.25) is 0 Å². The van der Waals surface area contributed by atoms with Crippen molar-refractivity contribution in [1.82, 2.24) is 0 Å². The van der Waals surface area contributed by atoms with E-state index >= 15 is 0 Å². The number of benzene rings is 1. The predicted octanol–water partition coefficient (Wildman–Crippen LogP) is 4.92. The first-order valence-corrected chi connectivity index (χ1v) is 9.56. The van der Waals surface area contributed by atoms with Crippen LogP contribution < -0.4 is 0 Å². The van der Waals surface area contributed by atoms with Crippen molar-refractivity contribution in [3.63, 3.8) is 0 Å². The maximum absolute atomic E-state index is 6.25. The topological polar surface area (TPSA) is 0 Å². The lowest BCUT2D eigenvalue weighted by atomic mass is 10.1. The molecule has 1 aromatic carbocycles. The summed E-state index contributed by atoms with van der Waals surface area (Å²) in [5.74, 6) is 0. The molecule has 0 aliphatic rings. The van der Waals surface area contributed by atoms with E-state index in [0.717, 1.165) is 17.0 Å². The molecular formula is C10H13Cl3Si. The van der Waals surface area contributed by atoms with Crippen LogP contribution in [0.15, 0.2) is 24.3 Å². The van der Waals surface area contributed by atoms with Crippen molar-refractivity contribution in [2.75, 3.05) is 0 Å². The van der Waals surface area contributed by atoms with Crippen LogP contribution in [-0.4, -0.2) is 6.69 Å². The second kappa shape index (κ2) is 4.89. The van der Waals surface area contributed by atoms with Gasteiger partial charge in [0.25, 0.3) is 6.69 Å². The molecule has 0 radical (unpaired) electrons. The molecule has 4 heteroatoms. The Morgan fingerprint density at radius 3 is 2.43 bits per heavy atom. The Bertz CT molecular complexity index is 306. The Balaban J connectivity index is 3.01. The molecule has 0 bridgehead atoms. The minimum Gasteiger partial charge on any atom is -0.145 e. The van der Waals surface area contributed by atoms with Crippen molar-refractivity contribution in [2.24, 2.45) is 0 Å². The third kappa shape index (κ3) is 3.16. The summed E-state index contributed by atoms with van der Waals surface area (Å²) in [4.78, 5) is 0. The minimum atomic E-state index is -2.16. The molecule has 78 valence electrons. The van der Waals surface area contributed by atoms with Crippen LogP contribution in [0, 0.1) is 0 Å². The van der Waals surface area contributed by atoms with Gasteiger partial charge in [0.1, 0.15) is 0 Å². The molecule has 0 heterocycles. The zero-order chi connectivity index (χ0) is 10.8. The molecule has 0 spiro atoms. The van der Waals surface area contributed by atoms with Gasteiger partial charge in [-0.05, 0) is 30.7 Å². The highest BCUT2D eigenvalue weighted by Gasteiger charge is 2.33. The van der Waals surface area contributed by atoms with Gasteiger partial charge in [0.2, 0.25) is 0 Å². The zero-order valence-corrected chi connectivity index (χ0v) is 11.5. The van der Waals surface area contributed by atoms with Crippen LogP contribution in [0.25, 0.3) is 0 Å². The van der Waals surface area contributed by atoms with Crippen molar-refractivity contribution in [1.29, 1.82) is 0 Å². The fraction of sp³-hybridized carbons (Fsp3) is 0.400. The minimum absolute atomic E-state index is 0.254. The first kappa shape index (κ1) is 12.4. The van der Waals surface area contributed by atoms with Crippen molar-refractivity contribution < 1.29 is 0 Å². The van der Waals surface area contributed by atoms with Gasteiger partial charge in [-0.1, -0.05) is 30.7 Å². The largest absolute Gasteiger partial charge is 0.255 e. The summed E-state index contributed by atoms with van der Waals surface area (Å²) in [7, 11) is 0. The van der Waals surface area contributed by atoms with E-state index in [4.69, 9.17) is 33.8 Å². The quantitative estimate of drug-likeness (QED) is 0.538. The molecule has 0 aliphatic heterocycles. The van der Waals surface area contributed by atoms with E-state index in [1.165, 1.54) is 0 Å². The first-order valence-electron chi connectivity index (χ1n) is 4.58. The Kier molecular flexibility index (Phi) is 4.32. The molecule has 0 fully saturated rings. The highest BCUT2D eigenvalue weighted by Crippen LogP contribution is 2.36. The SMILES string of the molecule is CCC(c1cccc(Cl)c1)[Si](C)(Cl)Cl. The lowest BCUT2D eigenvalue weighted by Crippen LogP contribution is -2.25. The molecule has 0 aromatic heterocycles. The smallest absolute Gasteiger partial charge is 0.145 e. The Morgan fingerprint density at radius 1 is 1.36 bits per heavy atom. The van der Waals surface area contributed by atoms with E-state index in [2.05, 4.69) is 6.92 Å². The van der Waals surface area contributed by atoms with E-state index in [9.17, 15) is 0 Å². The summed E-state index contributed by atoms with van der Waals surface area (Å²) in [6.07, 6.45) is 0.954. The summed E-state index contributed by atoms with van der Waals surface area (Å²) in [5.41, 5.74) is 1.41. The van der Waals surface area contributed by atoms with Crippen LogP contribution in [0.4, 0.5) is 0 Å². The highest BCUT2D eigenvalue weighted by molar-refractivity contribution is 7.45. The van der Waals surface area contributed by atoms with Gasteiger partial charge >= 0.3 is 0 Å². The summed E-state index contributed by atoms with van der Waals surface area (Å²) in [6.45, 7) is 1.88. The normalized spacial score (nSPS) is 14.1. The average molecular weight is 268 g/mol. The maximum atomic E-state index is 6.25. The lowest BCUT2D eigenvalue weighted by molar-refractivity contribution is 0.864. The molecule has 1 unspecified atom stereocenters. The van der Waals surface area contributed by atoms with Crippen molar-refractivity contribution >= 4 is 40.5 Å². The first-order chi connectivity index (χ1) is 6.45. The van der Waals surface area contributed by atoms with Crippen molar-refractivity contribution in [3.05, 3.63) is 34.9 Å². The second-order valence-corrected chi connectivity index (χ2v) is 11.8. The van der Waals surface area contributed by atoms with E-state index < -0.39 is 6.69 Å². The molecule has 0 N–H and O–H groups in total. The van der Waals surface area contributed by atoms with Crippen molar-refractivity contribution in [2.45, 2.75) is 25.4 Å². The standard InChI is InChI=1S/C10H13Cl3Si/c1-3-10(14(2,12)13)8-5-4-6-9(11)7-8/h4-7,10H,3H2,1-2H3. The molecule has 1 rings (SSSR count). The second-order valence-electron chi connectivity index (χ2n) is 3.47. The fourth-order valence-corrected chi connectivity index (χ4v) is 4.97. The molecule has 1 aromatic rings. The fourth-order valence-electron chi connectivity index (χ4n) is 1.61. The number of hydrogen-bond donors (Lipinski definition) is 0. The summed E-state index contributed by atoms with van der Waals surface area (Å²) in [5, 5.41) is 0.743. The van der Waals surface area contributed by atoms with Gasteiger partial charge in [-0.2, -0.15) is 0 Å². The molecule has 0 aliphatic carbocycles. The van der Waals surface area contributed by atoms with Crippen LogP contribution in [0.1, 0.15) is 24.4 Å². The van der Waals surface area contributed by atoms with Gasteiger partial charge in [0, 0.05) is 10.6 Å². The molecule has 1 atom stereocenters. The van der Waals surface area contributed by atoms with E-state index in [0.29, 0.717) is 0 Å². The third-order valence-electron chi connectivity index (χ3n) is 2.27. The Hall–Kier alpha value is 0.307. The van der Waals surface area contributed by atoms with Crippen LogP contribution in [-0.2, 0) is 0 Å². The average Bonchev–Trinajstić information content (AvgIpc) is 2.02. The maximum Gasteiger partial charge on any atom is 0.255 e. The molecule has 0 amide bonds. The van der Waals surface area contributed by atoms with E-state index in [1.807, 2.05) is 30.8 Å². The van der Waals surface area contributed by atoms with E-state index in [-0.39, 0.29) is 5.54 Å². The summed E-state index contributed by atoms with van der Waals surface area (Å²) >= 11 is 18.4. The number of hydrogen-bond acceptors (Lipinski definition) is 0. The predicted molar refractivity (Wildman–Crippen MR) is 67.8 cm³/mol. The van der Waals surface area contributed by atoms with Gasteiger partial charge in [-0.25, -0.2) is 0 Å². The van der Waals surface area contributed by atoms with Crippen molar-refractivity contribution in [3.8, 4) is 0 Å². The van der Waals surface area contributed by atoms with Gasteiger partial charge in [0.05, 0.1) is 0 Å². The Morgan fingerprint density at radius 2 is 2.00 bits per heavy atom. The molecular weight excluding hydrogens is 255 g/mol. The molecule has 0 saturated carbocycles. The zero-order valence-electron chi connectivity index (χ0n) is 8.23. The van der Waals surface area contributed by atoms with Crippen LogP contribution in [0.5, 0.6) is 0 Å². The monoisotopic (exact) mass is 266 g/mol. The molecule has 14 heavy (non-hydrogen) atoms. The molecule has 0 nitrogen and oxygen atoms in total. The van der Waals surface area contributed by atoms with Crippen LogP contribution in [0.3, 0.4) is 0 Å². The summed E-state index contributed by atoms with van der Waals surface area (Å²) < 4.78 is 0. The third-order valence-corrected chi connectivity index (χ3v) is 6.05. The molecule has 0 saturated heterocycles. The van der Waals surface area contributed by atoms with Crippen LogP contribution in [0.2, 0.25) is 11.6 Å². The van der Waals surface area contributed by atoms with Gasteiger partial charge in [-0.15, -0.1) is 22.2 Å². The van der Waals surface area contributed by atoms with Gasteiger partial charge in [0.15, 0.2) is 0 Å². The van der Waals surface area contributed by atoms with E-state index in [1.54, 1.807) is 0 Å². The summed E-state index contributed by atoms with van der Waals surface area (Å²) in [6, 6.07) is 7.79.